The van der Waals surface area contributed by atoms with Crippen molar-refractivity contribution in [3.63, 3.8) is 0 Å². The van der Waals surface area contributed by atoms with E-state index in [4.69, 9.17) is 10.5 Å². The maximum absolute atomic E-state index is 9.67. The van der Waals surface area contributed by atoms with Crippen LogP contribution in [0.25, 0.3) is 0 Å². The van der Waals surface area contributed by atoms with Crippen molar-refractivity contribution in [3.8, 4) is 5.75 Å². The van der Waals surface area contributed by atoms with Crippen LogP contribution in [0.2, 0.25) is 0 Å². The van der Waals surface area contributed by atoms with Gasteiger partial charge in [-0.3, -0.25) is 0 Å². The van der Waals surface area contributed by atoms with Gasteiger partial charge in [0.1, 0.15) is 18.5 Å². The molecule has 1 atom stereocenters. The summed E-state index contributed by atoms with van der Waals surface area (Å²) in [5.41, 5.74) is 7.58. The van der Waals surface area contributed by atoms with Gasteiger partial charge in [0, 0.05) is 19.6 Å². The summed E-state index contributed by atoms with van der Waals surface area (Å²) >= 11 is 0. The van der Waals surface area contributed by atoms with E-state index in [0.717, 1.165) is 16.9 Å². The molecule has 1 aromatic rings. The van der Waals surface area contributed by atoms with Gasteiger partial charge in [-0.1, -0.05) is 12.1 Å². The lowest BCUT2D eigenvalue weighted by Crippen LogP contribution is -2.34. The van der Waals surface area contributed by atoms with Gasteiger partial charge in [-0.2, -0.15) is 0 Å². The first-order valence-corrected chi connectivity index (χ1v) is 5.92. The van der Waals surface area contributed by atoms with Crippen molar-refractivity contribution >= 4 is 0 Å². The van der Waals surface area contributed by atoms with Crippen molar-refractivity contribution in [1.82, 2.24) is 5.32 Å². The Morgan fingerprint density at radius 1 is 1.41 bits per heavy atom. The molecule has 4 heteroatoms. The van der Waals surface area contributed by atoms with Crippen molar-refractivity contribution in [2.75, 3.05) is 26.2 Å². The molecule has 0 aliphatic rings. The minimum Gasteiger partial charge on any atom is -0.491 e. The Morgan fingerprint density at radius 3 is 2.88 bits per heavy atom. The normalized spacial score (nSPS) is 12.5. The fraction of sp³-hybridized carbons (Fsp3) is 0.538. The zero-order chi connectivity index (χ0) is 12.7. The van der Waals surface area contributed by atoms with Gasteiger partial charge in [0.25, 0.3) is 0 Å². The molecule has 0 heterocycles. The van der Waals surface area contributed by atoms with E-state index in [1.807, 2.05) is 32.0 Å². The second-order valence-corrected chi connectivity index (χ2v) is 4.23. The van der Waals surface area contributed by atoms with Gasteiger partial charge in [-0.05, 0) is 31.0 Å². The fourth-order valence-corrected chi connectivity index (χ4v) is 1.48. The third-order valence-corrected chi connectivity index (χ3v) is 2.48. The highest BCUT2D eigenvalue weighted by Crippen LogP contribution is 2.19. The first kappa shape index (κ1) is 14.0. The first-order valence-electron chi connectivity index (χ1n) is 5.92. The minimum absolute atomic E-state index is 0.294. The highest BCUT2D eigenvalue weighted by atomic mass is 16.5. The third kappa shape index (κ3) is 5.17. The standard InChI is InChI=1S/C13H22N2O2/c1-10-3-4-11(2)13(7-10)17-9-12(16)8-15-6-5-14/h3-4,7,12,15-16H,5-6,8-9,14H2,1-2H3. The molecule has 17 heavy (non-hydrogen) atoms. The molecule has 0 aliphatic carbocycles. The van der Waals surface area contributed by atoms with Crippen LogP contribution in [0.15, 0.2) is 18.2 Å². The first-order chi connectivity index (χ1) is 8.13. The third-order valence-electron chi connectivity index (χ3n) is 2.48. The summed E-state index contributed by atoms with van der Waals surface area (Å²) in [6.45, 7) is 6.09. The molecule has 1 aromatic carbocycles. The van der Waals surface area contributed by atoms with Crippen LogP contribution in [-0.2, 0) is 0 Å². The predicted octanol–water partition coefficient (Wildman–Crippen LogP) is 0.591. The SMILES string of the molecule is Cc1ccc(C)c(OCC(O)CNCCN)c1. The molecule has 1 unspecified atom stereocenters. The second kappa shape index (κ2) is 7.27. The average molecular weight is 238 g/mol. The van der Waals surface area contributed by atoms with Crippen LogP contribution in [0.1, 0.15) is 11.1 Å². The molecule has 0 aliphatic heterocycles. The molecule has 0 spiro atoms. The number of ether oxygens (including phenoxy) is 1. The number of aliphatic hydroxyl groups is 1. The summed E-state index contributed by atoms with van der Waals surface area (Å²) in [7, 11) is 0. The van der Waals surface area contributed by atoms with Crippen molar-refractivity contribution in [2.45, 2.75) is 20.0 Å². The number of nitrogens with one attached hydrogen (secondary N) is 1. The van der Waals surface area contributed by atoms with Gasteiger partial charge in [0.05, 0.1) is 0 Å². The number of hydrogen-bond acceptors (Lipinski definition) is 4. The lowest BCUT2D eigenvalue weighted by Gasteiger charge is -2.14. The van der Waals surface area contributed by atoms with E-state index in [1.54, 1.807) is 0 Å². The van der Waals surface area contributed by atoms with E-state index in [-0.39, 0.29) is 0 Å². The van der Waals surface area contributed by atoms with E-state index < -0.39 is 6.10 Å². The smallest absolute Gasteiger partial charge is 0.122 e. The summed E-state index contributed by atoms with van der Waals surface area (Å²) in [5.74, 6) is 0.836. The summed E-state index contributed by atoms with van der Waals surface area (Å²) in [5, 5.41) is 12.7. The minimum atomic E-state index is -0.513. The fourth-order valence-electron chi connectivity index (χ4n) is 1.48. The van der Waals surface area contributed by atoms with Crippen LogP contribution in [0.3, 0.4) is 0 Å². The highest BCUT2D eigenvalue weighted by Gasteiger charge is 2.06. The molecule has 0 fully saturated rings. The van der Waals surface area contributed by atoms with E-state index in [2.05, 4.69) is 5.32 Å². The van der Waals surface area contributed by atoms with Crippen LogP contribution >= 0.6 is 0 Å². The van der Waals surface area contributed by atoms with Crippen molar-refractivity contribution in [1.29, 1.82) is 0 Å². The summed E-state index contributed by atoms with van der Waals surface area (Å²) < 4.78 is 5.59. The Labute approximate surface area is 103 Å². The zero-order valence-corrected chi connectivity index (χ0v) is 10.6. The van der Waals surface area contributed by atoms with Gasteiger partial charge >= 0.3 is 0 Å². The predicted molar refractivity (Wildman–Crippen MR) is 69.3 cm³/mol. The van der Waals surface area contributed by atoms with E-state index >= 15 is 0 Å². The van der Waals surface area contributed by atoms with Crippen LogP contribution in [-0.4, -0.2) is 37.5 Å². The Kier molecular flexibility index (Phi) is 5.97. The van der Waals surface area contributed by atoms with Crippen LogP contribution < -0.4 is 15.8 Å². The Morgan fingerprint density at radius 2 is 2.18 bits per heavy atom. The average Bonchev–Trinajstić information content (AvgIpc) is 2.31. The van der Waals surface area contributed by atoms with Crippen molar-refractivity contribution in [2.24, 2.45) is 5.73 Å². The maximum Gasteiger partial charge on any atom is 0.122 e. The summed E-state index contributed by atoms with van der Waals surface area (Å²) in [4.78, 5) is 0. The number of benzene rings is 1. The topological polar surface area (TPSA) is 67.5 Å². The molecule has 0 saturated carbocycles. The largest absolute Gasteiger partial charge is 0.491 e. The summed E-state index contributed by atoms with van der Waals surface area (Å²) in [6, 6.07) is 6.04. The van der Waals surface area contributed by atoms with Crippen LogP contribution in [0.4, 0.5) is 0 Å². The molecule has 0 bridgehead atoms. The maximum atomic E-state index is 9.67. The molecular weight excluding hydrogens is 216 g/mol. The lowest BCUT2D eigenvalue weighted by atomic mass is 10.1. The van der Waals surface area contributed by atoms with Gasteiger partial charge < -0.3 is 20.9 Å². The molecule has 4 N–H and O–H groups in total. The number of hydrogen-bond donors (Lipinski definition) is 3. The quantitative estimate of drug-likeness (QED) is 0.608. The summed E-state index contributed by atoms with van der Waals surface area (Å²) in [6.07, 6.45) is -0.513. The Hall–Kier alpha value is -1.10. The van der Waals surface area contributed by atoms with Gasteiger partial charge in [-0.15, -0.1) is 0 Å². The Balaban J connectivity index is 2.36. The number of aryl methyl sites for hydroxylation is 2. The molecule has 0 radical (unpaired) electrons. The molecule has 96 valence electrons. The van der Waals surface area contributed by atoms with Crippen LogP contribution in [0, 0.1) is 13.8 Å². The monoisotopic (exact) mass is 238 g/mol. The van der Waals surface area contributed by atoms with Gasteiger partial charge in [0.2, 0.25) is 0 Å². The molecule has 0 saturated heterocycles. The number of aliphatic hydroxyl groups excluding tert-OH is 1. The van der Waals surface area contributed by atoms with E-state index in [1.165, 1.54) is 0 Å². The molecular formula is C13H22N2O2. The van der Waals surface area contributed by atoms with Crippen LogP contribution in [0.5, 0.6) is 5.75 Å². The van der Waals surface area contributed by atoms with Gasteiger partial charge in [0.15, 0.2) is 0 Å². The number of nitrogens with two attached hydrogens (primary N) is 1. The van der Waals surface area contributed by atoms with Crippen molar-refractivity contribution in [3.05, 3.63) is 29.3 Å². The zero-order valence-electron chi connectivity index (χ0n) is 10.6. The Bertz CT molecular complexity index is 342. The number of rotatable bonds is 7. The lowest BCUT2D eigenvalue weighted by molar-refractivity contribution is 0.106. The van der Waals surface area contributed by atoms with E-state index in [9.17, 15) is 5.11 Å². The highest BCUT2D eigenvalue weighted by molar-refractivity contribution is 5.35. The molecule has 0 amide bonds. The van der Waals surface area contributed by atoms with Gasteiger partial charge in [-0.25, -0.2) is 0 Å². The van der Waals surface area contributed by atoms with E-state index in [0.29, 0.717) is 26.2 Å². The molecule has 0 aromatic heterocycles. The van der Waals surface area contributed by atoms with Crippen molar-refractivity contribution < 1.29 is 9.84 Å². The molecule has 4 nitrogen and oxygen atoms in total. The molecule has 1 rings (SSSR count). The second-order valence-electron chi connectivity index (χ2n) is 4.23.